The van der Waals surface area contributed by atoms with Gasteiger partial charge in [-0.25, -0.2) is 9.59 Å². The van der Waals surface area contributed by atoms with Gasteiger partial charge < -0.3 is 15.7 Å². The first kappa shape index (κ1) is 16.7. The molecule has 0 aliphatic heterocycles. The minimum atomic E-state index is -1.15. The third-order valence-electron chi connectivity index (χ3n) is 3.21. The standard InChI is InChI=1S/C13H26N2O3/c1-5-13(6-2,11(16)17)15-12(18)14-9-7-8-10(3)4/h10H,5-9H2,1-4H3,(H,16,17)(H2,14,15,18). The van der Waals surface area contributed by atoms with Crippen LogP contribution < -0.4 is 10.6 Å². The van der Waals surface area contributed by atoms with E-state index in [0.29, 0.717) is 25.3 Å². The van der Waals surface area contributed by atoms with Gasteiger partial charge in [-0.15, -0.1) is 0 Å². The lowest BCUT2D eigenvalue weighted by Gasteiger charge is -2.28. The van der Waals surface area contributed by atoms with E-state index < -0.39 is 17.5 Å². The number of carbonyl (C=O) groups excluding carboxylic acids is 1. The molecule has 0 spiro atoms. The van der Waals surface area contributed by atoms with Crippen molar-refractivity contribution in [3.8, 4) is 0 Å². The van der Waals surface area contributed by atoms with E-state index in [1.807, 2.05) is 0 Å². The van der Waals surface area contributed by atoms with Gasteiger partial charge in [0.25, 0.3) is 0 Å². The normalized spacial score (nSPS) is 11.4. The Hall–Kier alpha value is -1.26. The topological polar surface area (TPSA) is 78.4 Å². The number of hydrogen-bond acceptors (Lipinski definition) is 2. The van der Waals surface area contributed by atoms with Crippen LogP contribution in [0, 0.1) is 5.92 Å². The summed E-state index contributed by atoms with van der Waals surface area (Å²) in [5.41, 5.74) is -1.15. The molecule has 5 nitrogen and oxygen atoms in total. The molecule has 0 aromatic carbocycles. The van der Waals surface area contributed by atoms with Gasteiger partial charge >= 0.3 is 12.0 Å². The van der Waals surface area contributed by atoms with Gasteiger partial charge in [0.2, 0.25) is 0 Å². The largest absolute Gasteiger partial charge is 0.480 e. The first-order chi connectivity index (χ1) is 8.38. The Morgan fingerprint density at radius 1 is 1.22 bits per heavy atom. The van der Waals surface area contributed by atoms with E-state index in [1.54, 1.807) is 13.8 Å². The maximum Gasteiger partial charge on any atom is 0.329 e. The number of amides is 2. The number of nitrogens with one attached hydrogen (secondary N) is 2. The van der Waals surface area contributed by atoms with Gasteiger partial charge in [-0.05, 0) is 31.6 Å². The van der Waals surface area contributed by atoms with Gasteiger partial charge in [-0.2, -0.15) is 0 Å². The third kappa shape index (κ3) is 5.38. The summed E-state index contributed by atoms with van der Waals surface area (Å²) in [5.74, 6) is -0.371. The second-order valence-electron chi connectivity index (χ2n) is 5.01. The monoisotopic (exact) mass is 258 g/mol. The molecule has 0 radical (unpaired) electrons. The lowest BCUT2D eigenvalue weighted by atomic mass is 9.93. The van der Waals surface area contributed by atoms with E-state index in [0.717, 1.165) is 12.8 Å². The molecule has 0 aliphatic carbocycles. The number of hydrogen-bond donors (Lipinski definition) is 3. The molecule has 0 saturated heterocycles. The fourth-order valence-corrected chi connectivity index (χ4v) is 1.76. The molecule has 0 aromatic heterocycles. The lowest BCUT2D eigenvalue weighted by molar-refractivity contribution is -0.144. The molecule has 0 aliphatic rings. The highest BCUT2D eigenvalue weighted by atomic mass is 16.4. The average molecular weight is 258 g/mol. The van der Waals surface area contributed by atoms with Crippen molar-refractivity contribution in [2.45, 2.75) is 58.9 Å². The summed E-state index contributed by atoms with van der Waals surface area (Å²) >= 11 is 0. The number of rotatable bonds is 8. The minimum Gasteiger partial charge on any atom is -0.480 e. The predicted molar refractivity (Wildman–Crippen MR) is 71.6 cm³/mol. The van der Waals surface area contributed by atoms with E-state index >= 15 is 0 Å². The number of urea groups is 1. The van der Waals surface area contributed by atoms with Crippen molar-refractivity contribution in [1.29, 1.82) is 0 Å². The van der Waals surface area contributed by atoms with Gasteiger partial charge in [0.05, 0.1) is 0 Å². The molecule has 18 heavy (non-hydrogen) atoms. The van der Waals surface area contributed by atoms with Crippen LogP contribution in [0.3, 0.4) is 0 Å². The van der Waals surface area contributed by atoms with E-state index in [4.69, 9.17) is 0 Å². The molecule has 5 heteroatoms. The highest BCUT2D eigenvalue weighted by Gasteiger charge is 2.36. The van der Waals surface area contributed by atoms with Crippen molar-refractivity contribution in [2.24, 2.45) is 5.92 Å². The zero-order chi connectivity index (χ0) is 14.2. The van der Waals surface area contributed by atoms with Gasteiger partial charge in [-0.3, -0.25) is 0 Å². The van der Waals surface area contributed by atoms with Gasteiger partial charge in [-0.1, -0.05) is 27.7 Å². The van der Waals surface area contributed by atoms with Crippen LogP contribution in [0.15, 0.2) is 0 Å². The van der Waals surface area contributed by atoms with Crippen LogP contribution in [0.1, 0.15) is 53.4 Å². The maximum atomic E-state index is 11.6. The summed E-state index contributed by atoms with van der Waals surface area (Å²) in [6.07, 6.45) is 2.70. The van der Waals surface area contributed by atoms with E-state index in [2.05, 4.69) is 24.5 Å². The lowest BCUT2D eigenvalue weighted by Crippen LogP contribution is -2.56. The first-order valence-electron chi connectivity index (χ1n) is 6.67. The SMILES string of the molecule is CCC(CC)(NC(=O)NCCCC(C)C)C(=O)O. The van der Waals surface area contributed by atoms with Gasteiger partial charge in [0.15, 0.2) is 0 Å². The second-order valence-corrected chi connectivity index (χ2v) is 5.01. The maximum absolute atomic E-state index is 11.6. The molecule has 0 unspecified atom stereocenters. The highest BCUT2D eigenvalue weighted by molar-refractivity contribution is 5.86. The quantitative estimate of drug-likeness (QED) is 0.585. The number of carbonyl (C=O) groups is 2. The van der Waals surface area contributed by atoms with Gasteiger partial charge in [0.1, 0.15) is 5.54 Å². The first-order valence-corrected chi connectivity index (χ1v) is 6.67. The van der Waals surface area contributed by atoms with Crippen LogP contribution in [0.5, 0.6) is 0 Å². The fraction of sp³-hybridized carbons (Fsp3) is 0.846. The average Bonchev–Trinajstić information content (AvgIpc) is 2.31. The molecule has 106 valence electrons. The summed E-state index contributed by atoms with van der Waals surface area (Å²) in [5, 5.41) is 14.4. The summed E-state index contributed by atoms with van der Waals surface area (Å²) < 4.78 is 0. The second kappa shape index (κ2) is 7.95. The van der Waals surface area contributed by atoms with Crippen molar-refractivity contribution in [3.05, 3.63) is 0 Å². The molecule has 3 N–H and O–H groups in total. The molecule has 0 heterocycles. The Morgan fingerprint density at radius 3 is 2.17 bits per heavy atom. The van der Waals surface area contributed by atoms with Crippen LogP contribution in [0.2, 0.25) is 0 Å². The molecule has 2 amide bonds. The zero-order valence-corrected chi connectivity index (χ0v) is 11.9. The van der Waals surface area contributed by atoms with Crippen LogP contribution in [0.4, 0.5) is 4.79 Å². The predicted octanol–water partition coefficient (Wildman–Crippen LogP) is 2.37. The van der Waals surface area contributed by atoms with Gasteiger partial charge in [0, 0.05) is 6.54 Å². The summed E-state index contributed by atoms with van der Waals surface area (Å²) in [7, 11) is 0. The number of carboxylic acids is 1. The van der Waals surface area contributed by atoms with Crippen LogP contribution in [-0.4, -0.2) is 29.2 Å². The minimum absolute atomic E-state index is 0.373. The van der Waals surface area contributed by atoms with Crippen LogP contribution in [0.25, 0.3) is 0 Å². The molecule has 0 atom stereocenters. The summed E-state index contributed by atoms with van der Waals surface area (Å²) in [6, 6.07) is -0.398. The van der Waals surface area contributed by atoms with Crippen molar-refractivity contribution in [3.63, 3.8) is 0 Å². The Morgan fingerprint density at radius 2 is 1.78 bits per heavy atom. The molecular weight excluding hydrogens is 232 g/mol. The van der Waals surface area contributed by atoms with Crippen LogP contribution >= 0.6 is 0 Å². The van der Waals surface area contributed by atoms with Crippen molar-refractivity contribution < 1.29 is 14.7 Å². The third-order valence-corrected chi connectivity index (χ3v) is 3.21. The highest BCUT2D eigenvalue weighted by Crippen LogP contribution is 2.15. The fourth-order valence-electron chi connectivity index (χ4n) is 1.76. The molecular formula is C13H26N2O3. The zero-order valence-electron chi connectivity index (χ0n) is 11.9. The Balaban J connectivity index is 4.16. The van der Waals surface area contributed by atoms with E-state index in [9.17, 15) is 14.7 Å². The molecule has 0 aromatic rings. The molecule has 0 saturated carbocycles. The van der Waals surface area contributed by atoms with Crippen molar-refractivity contribution >= 4 is 12.0 Å². The Labute approximate surface area is 109 Å². The van der Waals surface area contributed by atoms with Crippen LogP contribution in [-0.2, 0) is 4.79 Å². The van der Waals surface area contributed by atoms with Crippen molar-refractivity contribution in [2.75, 3.05) is 6.54 Å². The molecule has 0 fully saturated rings. The number of carboxylic acid groups (broad SMARTS) is 1. The molecule has 0 rings (SSSR count). The number of aliphatic carboxylic acids is 1. The Kier molecular flexibility index (Phi) is 7.39. The summed E-state index contributed by atoms with van der Waals surface area (Å²) in [4.78, 5) is 22.8. The van der Waals surface area contributed by atoms with E-state index in [-0.39, 0.29) is 0 Å². The molecule has 0 bridgehead atoms. The summed E-state index contributed by atoms with van der Waals surface area (Å²) in [6.45, 7) is 8.36. The van der Waals surface area contributed by atoms with Crippen molar-refractivity contribution in [1.82, 2.24) is 10.6 Å². The smallest absolute Gasteiger partial charge is 0.329 e. The Bertz CT molecular complexity index is 273. The van der Waals surface area contributed by atoms with E-state index in [1.165, 1.54) is 0 Å².